The normalized spacial score (nSPS) is 18.0. The molecule has 0 aromatic heterocycles. The molecule has 1 saturated heterocycles. The lowest BCUT2D eigenvalue weighted by molar-refractivity contribution is -0.127. The Kier molecular flexibility index (Phi) is 4.73. The van der Waals surface area contributed by atoms with E-state index >= 15 is 0 Å². The minimum atomic E-state index is -0.410. The molecule has 23 heavy (non-hydrogen) atoms. The third-order valence-corrected chi connectivity index (χ3v) is 5.12. The summed E-state index contributed by atoms with van der Waals surface area (Å²) in [5, 5.41) is 2.84. The van der Waals surface area contributed by atoms with Crippen LogP contribution in [0.5, 0.6) is 0 Å². The van der Waals surface area contributed by atoms with Gasteiger partial charge in [-0.05, 0) is 61.7 Å². The molecule has 1 aromatic rings. The number of amides is 3. The highest BCUT2D eigenvalue weighted by Crippen LogP contribution is 2.38. The molecule has 2 fully saturated rings. The Morgan fingerprint density at radius 1 is 1.17 bits per heavy atom. The van der Waals surface area contributed by atoms with Gasteiger partial charge < -0.3 is 5.32 Å². The van der Waals surface area contributed by atoms with Crippen molar-refractivity contribution in [3.8, 4) is 0 Å². The van der Waals surface area contributed by atoms with Gasteiger partial charge in [0.05, 0.1) is 4.91 Å². The van der Waals surface area contributed by atoms with E-state index in [0.717, 1.165) is 47.9 Å². The van der Waals surface area contributed by atoms with E-state index in [1.54, 1.807) is 24.3 Å². The van der Waals surface area contributed by atoms with E-state index in [9.17, 15) is 14.4 Å². The minimum absolute atomic E-state index is 0.274. The van der Waals surface area contributed by atoms with E-state index in [-0.39, 0.29) is 17.7 Å². The van der Waals surface area contributed by atoms with Gasteiger partial charge in [0.15, 0.2) is 0 Å². The van der Waals surface area contributed by atoms with Crippen LogP contribution in [0, 0.1) is 0 Å². The van der Waals surface area contributed by atoms with Gasteiger partial charge in [-0.25, -0.2) is 0 Å². The molecule has 2 aliphatic rings. The van der Waals surface area contributed by atoms with Crippen LogP contribution >= 0.6 is 23.4 Å². The van der Waals surface area contributed by atoms with Gasteiger partial charge >= 0.3 is 0 Å². The van der Waals surface area contributed by atoms with Crippen LogP contribution in [0.3, 0.4) is 0 Å². The number of nitrogens with zero attached hydrogens (tertiary/aromatic N) is 1. The van der Waals surface area contributed by atoms with Crippen LogP contribution in [0.1, 0.15) is 25.7 Å². The summed E-state index contributed by atoms with van der Waals surface area (Å²) >= 11 is 6.73. The molecular formula is C16H15ClN2O3S. The first-order valence-corrected chi connectivity index (χ1v) is 8.55. The SMILES string of the molecule is O=C(CN1C(=O)SC(=C2CCCC2)C1=O)Nc1ccc(Cl)cc1. The van der Waals surface area contributed by atoms with Crippen molar-refractivity contribution < 1.29 is 14.4 Å². The predicted molar refractivity (Wildman–Crippen MR) is 90.3 cm³/mol. The van der Waals surface area contributed by atoms with E-state index in [1.165, 1.54) is 0 Å². The Labute approximate surface area is 143 Å². The van der Waals surface area contributed by atoms with Crippen molar-refractivity contribution in [2.45, 2.75) is 25.7 Å². The van der Waals surface area contributed by atoms with Crippen molar-refractivity contribution >= 4 is 46.1 Å². The Bertz CT molecular complexity index is 692. The summed E-state index contributed by atoms with van der Waals surface area (Å²) in [6, 6.07) is 6.63. The summed E-state index contributed by atoms with van der Waals surface area (Å²) in [7, 11) is 0. The average Bonchev–Trinajstić information content (AvgIpc) is 3.13. The number of thioether (sulfide) groups is 1. The van der Waals surface area contributed by atoms with Crippen LogP contribution in [0.15, 0.2) is 34.7 Å². The Morgan fingerprint density at radius 2 is 1.83 bits per heavy atom. The molecule has 7 heteroatoms. The van der Waals surface area contributed by atoms with Gasteiger partial charge in [0.1, 0.15) is 6.54 Å². The smallest absolute Gasteiger partial charge is 0.294 e. The van der Waals surface area contributed by atoms with Gasteiger partial charge in [-0.2, -0.15) is 0 Å². The molecule has 1 aliphatic carbocycles. The molecule has 0 radical (unpaired) electrons. The summed E-state index contributed by atoms with van der Waals surface area (Å²) in [5.74, 6) is -0.754. The van der Waals surface area contributed by atoms with Crippen molar-refractivity contribution in [3.63, 3.8) is 0 Å². The first-order valence-electron chi connectivity index (χ1n) is 7.36. The first-order chi connectivity index (χ1) is 11.0. The largest absolute Gasteiger partial charge is 0.325 e. The Hall–Kier alpha value is -1.79. The molecule has 0 atom stereocenters. The van der Waals surface area contributed by atoms with Crippen molar-refractivity contribution in [2.24, 2.45) is 0 Å². The summed E-state index contributed by atoms with van der Waals surface area (Å²) in [6.45, 7) is -0.274. The summed E-state index contributed by atoms with van der Waals surface area (Å²) < 4.78 is 0. The van der Waals surface area contributed by atoms with Crippen LogP contribution in [-0.4, -0.2) is 28.5 Å². The minimum Gasteiger partial charge on any atom is -0.325 e. The van der Waals surface area contributed by atoms with Crippen molar-refractivity contribution in [3.05, 3.63) is 39.8 Å². The van der Waals surface area contributed by atoms with Crippen molar-refractivity contribution in [1.29, 1.82) is 0 Å². The molecule has 1 aliphatic heterocycles. The zero-order chi connectivity index (χ0) is 16.4. The number of hydrogen-bond donors (Lipinski definition) is 1. The third-order valence-electron chi connectivity index (χ3n) is 3.81. The van der Waals surface area contributed by atoms with Crippen LogP contribution in [0.2, 0.25) is 5.02 Å². The standard InChI is InChI=1S/C16H15ClN2O3S/c17-11-5-7-12(8-6-11)18-13(20)9-19-15(21)14(23-16(19)22)10-3-1-2-4-10/h5-8H,1-4,9H2,(H,18,20). The number of rotatable bonds is 3. The number of benzene rings is 1. The van der Waals surface area contributed by atoms with E-state index < -0.39 is 5.91 Å². The molecule has 0 unspecified atom stereocenters. The molecule has 0 bridgehead atoms. The second kappa shape index (κ2) is 6.76. The number of carbonyl (C=O) groups excluding carboxylic acids is 3. The fourth-order valence-electron chi connectivity index (χ4n) is 2.66. The number of allylic oxidation sites excluding steroid dienone is 1. The summed E-state index contributed by atoms with van der Waals surface area (Å²) in [4.78, 5) is 38.0. The van der Waals surface area contributed by atoms with Crippen LogP contribution < -0.4 is 5.32 Å². The quantitative estimate of drug-likeness (QED) is 0.842. The number of hydrogen-bond acceptors (Lipinski definition) is 4. The lowest BCUT2D eigenvalue weighted by Crippen LogP contribution is -2.36. The molecule has 1 N–H and O–H groups in total. The highest BCUT2D eigenvalue weighted by molar-refractivity contribution is 8.18. The number of anilines is 1. The van der Waals surface area contributed by atoms with E-state index in [4.69, 9.17) is 11.6 Å². The zero-order valence-electron chi connectivity index (χ0n) is 12.3. The molecule has 3 rings (SSSR count). The predicted octanol–water partition coefficient (Wildman–Crippen LogP) is 3.80. The summed E-state index contributed by atoms with van der Waals surface area (Å²) in [5.41, 5.74) is 1.62. The van der Waals surface area contributed by atoms with Gasteiger partial charge in [0.25, 0.3) is 11.1 Å². The topological polar surface area (TPSA) is 66.5 Å². The van der Waals surface area contributed by atoms with E-state index in [2.05, 4.69) is 5.32 Å². The van der Waals surface area contributed by atoms with Crippen LogP contribution in [0.4, 0.5) is 10.5 Å². The second-order valence-corrected chi connectivity index (χ2v) is 6.85. The van der Waals surface area contributed by atoms with E-state index in [0.29, 0.717) is 15.6 Å². The number of halogens is 1. The molecule has 1 heterocycles. The molecule has 120 valence electrons. The third kappa shape index (κ3) is 3.59. The highest BCUT2D eigenvalue weighted by Gasteiger charge is 2.38. The summed E-state index contributed by atoms with van der Waals surface area (Å²) in [6.07, 6.45) is 3.84. The van der Waals surface area contributed by atoms with Crippen molar-refractivity contribution in [2.75, 3.05) is 11.9 Å². The number of imide groups is 1. The van der Waals surface area contributed by atoms with Crippen LogP contribution in [0.25, 0.3) is 0 Å². The van der Waals surface area contributed by atoms with Gasteiger partial charge in [-0.1, -0.05) is 17.2 Å². The monoisotopic (exact) mass is 350 g/mol. The lowest BCUT2D eigenvalue weighted by Gasteiger charge is -2.12. The fraction of sp³-hybridized carbons (Fsp3) is 0.312. The van der Waals surface area contributed by atoms with Gasteiger partial charge in [0, 0.05) is 10.7 Å². The van der Waals surface area contributed by atoms with Crippen LogP contribution in [-0.2, 0) is 9.59 Å². The maximum absolute atomic E-state index is 12.4. The maximum Gasteiger partial charge on any atom is 0.294 e. The molecule has 1 aromatic carbocycles. The molecule has 3 amide bonds. The van der Waals surface area contributed by atoms with Gasteiger partial charge in [0.2, 0.25) is 5.91 Å². The highest BCUT2D eigenvalue weighted by atomic mass is 35.5. The van der Waals surface area contributed by atoms with E-state index in [1.807, 2.05) is 0 Å². The molecule has 5 nitrogen and oxygen atoms in total. The zero-order valence-corrected chi connectivity index (χ0v) is 13.9. The Morgan fingerprint density at radius 3 is 2.48 bits per heavy atom. The fourth-order valence-corrected chi connectivity index (χ4v) is 3.76. The second-order valence-electron chi connectivity index (χ2n) is 5.45. The number of carbonyl (C=O) groups is 3. The lowest BCUT2D eigenvalue weighted by atomic mass is 10.2. The Balaban J connectivity index is 1.66. The molecule has 1 saturated carbocycles. The molecule has 0 spiro atoms. The maximum atomic E-state index is 12.4. The van der Waals surface area contributed by atoms with Gasteiger partial charge in [-0.3, -0.25) is 19.3 Å². The molecular weight excluding hydrogens is 336 g/mol. The van der Waals surface area contributed by atoms with Gasteiger partial charge in [-0.15, -0.1) is 0 Å². The van der Waals surface area contributed by atoms with Crippen molar-refractivity contribution in [1.82, 2.24) is 4.90 Å². The first kappa shape index (κ1) is 16.1. The number of nitrogens with one attached hydrogen (secondary N) is 1. The average molecular weight is 351 g/mol.